The largest absolute Gasteiger partial charge is 0.316 e. The van der Waals surface area contributed by atoms with E-state index < -0.39 is 5.92 Å². The fourth-order valence-corrected chi connectivity index (χ4v) is 2.32. The fraction of sp³-hybridized carbons (Fsp3) is 1.00. The maximum absolute atomic E-state index is 13.0. The summed E-state index contributed by atoms with van der Waals surface area (Å²) in [7, 11) is 0. The molecule has 0 aromatic carbocycles. The number of nitrogens with one attached hydrogen (secondary N) is 1. The molecule has 1 saturated carbocycles. The summed E-state index contributed by atoms with van der Waals surface area (Å²) in [5, 5.41) is 3.03. The summed E-state index contributed by atoms with van der Waals surface area (Å²) in [5.41, 5.74) is 0. The number of piperidine rings is 1. The lowest BCUT2D eigenvalue weighted by Gasteiger charge is -2.29. The van der Waals surface area contributed by atoms with Crippen LogP contribution >= 0.6 is 12.4 Å². The van der Waals surface area contributed by atoms with E-state index >= 15 is 0 Å². The molecule has 1 saturated heterocycles. The van der Waals surface area contributed by atoms with Crippen LogP contribution in [0.3, 0.4) is 0 Å². The third kappa shape index (κ3) is 1.57. The standard InChI is InChI=1S/C8H13F2N.ClH/c9-8(10)3-1-6-2-4-11-5-7(6)8;/h6-7,11H,1-5H2;1H/t6-,7+;/m1./s1. The molecule has 2 rings (SSSR count). The first-order chi connectivity index (χ1) is 5.20. The lowest BCUT2D eigenvalue weighted by Crippen LogP contribution is -2.41. The van der Waals surface area contributed by atoms with Crippen LogP contribution in [0.2, 0.25) is 0 Å². The van der Waals surface area contributed by atoms with Crippen molar-refractivity contribution < 1.29 is 8.78 Å². The highest BCUT2D eigenvalue weighted by Gasteiger charge is 2.50. The molecule has 0 radical (unpaired) electrons. The molecule has 0 aromatic rings. The van der Waals surface area contributed by atoms with E-state index in [1.54, 1.807) is 0 Å². The Labute approximate surface area is 77.3 Å². The van der Waals surface area contributed by atoms with E-state index in [9.17, 15) is 8.78 Å². The van der Waals surface area contributed by atoms with Crippen molar-refractivity contribution in [3.05, 3.63) is 0 Å². The van der Waals surface area contributed by atoms with Gasteiger partial charge in [0.25, 0.3) is 5.92 Å². The molecule has 1 N–H and O–H groups in total. The summed E-state index contributed by atoms with van der Waals surface area (Å²) in [6.45, 7) is 1.45. The van der Waals surface area contributed by atoms with Crippen molar-refractivity contribution in [1.29, 1.82) is 0 Å². The molecule has 4 heteroatoms. The molecule has 2 aliphatic rings. The van der Waals surface area contributed by atoms with Crippen molar-refractivity contribution in [2.24, 2.45) is 11.8 Å². The van der Waals surface area contributed by atoms with Crippen molar-refractivity contribution in [2.45, 2.75) is 25.2 Å². The van der Waals surface area contributed by atoms with Gasteiger partial charge in [-0.05, 0) is 25.3 Å². The highest BCUT2D eigenvalue weighted by molar-refractivity contribution is 5.85. The van der Waals surface area contributed by atoms with Crippen LogP contribution in [0.4, 0.5) is 8.78 Å². The van der Waals surface area contributed by atoms with E-state index in [1.807, 2.05) is 0 Å². The first-order valence-electron chi connectivity index (χ1n) is 4.29. The lowest BCUT2D eigenvalue weighted by atomic mass is 9.88. The van der Waals surface area contributed by atoms with Gasteiger partial charge in [-0.15, -0.1) is 12.4 Å². The summed E-state index contributed by atoms with van der Waals surface area (Å²) >= 11 is 0. The predicted octanol–water partition coefficient (Wildman–Crippen LogP) is 2.06. The van der Waals surface area contributed by atoms with E-state index in [4.69, 9.17) is 0 Å². The van der Waals surface area contributed by atoms with E-state index in [2.05, 4.69) is 5.32 Å². The fourth-order valence-electron chi connectivity index (χ4n) is 2.32. The molecule has 0 bridgehead atoms. The number of halogens is 3. The minimum absolute atomic E-state index is 0. The van der Waals surface area contributed by atoms with Crippen LogP contribution in [0.25, 0.3) is 0 Å². The van der Waals surface area contributed by atoms with E-state index in [0.29, 0.717) is 12.5 Å². The topological polar surface area (TPSA) is 12.0 Å². The molecular formula is C8H14ClF2N. The molecule has 1 nitrogen and oxygen atoms in total. The molecule has 2 fully saturated rings. The van der Waals surface area contributed by atoms with Crippen molar-refractivity contribution >= 4 is 12.4 Å². The summed E-state index contributed by atoms with van der Waals surface area (Å²) in [6.07, 6.45) is 1.80. The molecular weight excluding hydrogens is 184 g/mol. The van der Waals surface area contributed by atoms with Crippen LogP contribution in [0, 0.1) is 11.8 Å². The quantitative estimate of drug-likeness (QED) is 0.627. The van der Waals surface area contributed by atoms with Crippen LogP contribution in [0.15, 0.2) is 0 Å². The number of alkyl halides is 2. The molecule has 12 heavy (non-hydrogen) atoms. The second-order valence-electron chi connectivity index (χ2n) is 3.66. The van der Waals surface area contributed by atoms with E-state index in [-0.39, 0.29) is 24.7 Å². The Morgan fingerprint density at radius 1 is 1.25 bits per heavy atom. The lowest BCUT2D eigenvalue weighted by molar-refractivity contribution is -0.0502. The Morgan fingerprint density at radius 2 is 2.00 bits per heavy atom. The third-order valence-corrected chi connectivity index (χ3v) is 3.02. The van der Waals surface area contributed by atoms with Crippen molar-refractivity contribution in [3.8, 4) is 0 Å². The predicted molar refractivity (Wildman–Crippen MR) is 45.9 cm³/mol. The van der Waals surface area contributed by atoms with Gasteiger partial charge in [-0.25, -0.2) is 8.78 Å². The minimum atomic E-state index is -2.38. The number of fused-ring (bicyclic) bond motifs is 1. The second kappa shape index (κ2) is 3.46. The van der Waals surface area contributed by atoms with Crippen LogP contribution < -0.4 is 5.32 Å². The number of rotatable bonds is 0. The van der Waals surface area contributed by atoms with Crippen molar-refractivity contribution in [2.75, 3.05) is 13.1 Å². The Morgan fingerprint density at radius 3 is 2.67 bits per heavy atom. The smallest absolute Gasteiger partial charge is 0.252 e. The maximum atomic E-state index is 13.0. The summed E-state index contributed by atoms with van der Waals surface area (Å²) < 4.78 is 26.1. The molecule has 1 aliphatic heterocycles. The van der Waals surface area contributed by atoms with Gasteiger partial charge in [-0.1, -0.05) is 0 Å². The average molecular weight is 198 g/mol. The zero-order valence-electron chi connectivity index (χ0n) is 6.85. The van der Waals surface area contributed by atoms with Gasteiger partial charge in [0.1, 0.15) is 0 Å². The van der Waals surface area contributed by atoms with Gasteiger partial charge in [-0.3, -0.25) is 0 Å². The Balaban J connectivity index is 0.000000720. The zero-order chi connectivity index (χ0) is 7.90. The molecule has 0 unspecified atom stereocenters. The third-order valence-electron chi connectivity index (χ3n) is 3.02. The number of hydrogen-bond donors (Lipinski definition) is 1. The Kier molecular flexibility index (Phi) is 2.94. The molecule has 0 spiro atoms. The normalized spacial score (nSPS) is 38.5. The molecule has 1 heterocycles. The summed E-state index contributed by atoms with van der Waals surface area (Å²) in [5.74, 6) is -2.44. The van der Waals surface area contributed by atoms with Crippen molar-refractivity contribution in [1.82, 2.24) is 5.32 Å². The van der Waals surface area contributed by atoms with Crippen LogP contribution in [0.1, 0.15) is 19.3 Å². The van der Waals surface area contributed by atoms with Crippen LogP contribution in [-0.4, -0.2) is 19.0 Å². The van der Waals surface area contributed by atoms with Crippen LogP contribution in [0.5, 0.6) is 0 Å². The summed E-state index contributed by atoms with van der Waals surface area (Å²) in [4.78, 5) is 0. The highest BCUT2D eigenvalue weighted by Crippen LogP contribution is 2.46. The summed E-state index contributed by atoms with van der Waals surface area (Å²) in [6, 6.07) is 0. The van der Waals surface area contributed by atoms with Gasteiger partial charge in [0, 0.05) is 18.9 Å². The van der Waals surface area contributed by atoms with Gasteiger partial charge >= 0.3 is 0 Å². The molecule has 72 valence electrons. The average Bonchev–Trinajstić information content (AvgIpc) is 2.29. The molecule has 1 aliphatic carbocycles. The van der Waals surface area contributed by atoms with Crippen LogP contribution in [-0.2, 0) is 0 Å². The highest BCUT2D eigenvalue weighted by atomic mass is 35.5. The Hall–Kier alpha value is 0.110. The second-order valence-corrected chi connectivity index (χ2v) is 3.66. The van der Waals surface area contributed by atoms with E-state index in [1.165, 1.54) is 0 Å². The first kappa shape index (κ1) is 10.2. The van der Waals surface area contributed by atoms with Gasteiger partial charge in [0.05, 0.1) is 0 Å². The Bertz CT molecular complexity index is 163. The SMILES string of the molecule is Cl.FC1(F)CC[C@@H]2CCNC[C@@H]21. The maximum Gasteiger partial charge on any atom is 0.252 e. The number of hydrogen-bond acceptors (Lipinski definition) is 1. The van der Waals surface area contributed by atoms with Gasteiger partial charge in [0.15, 0.2) is 0 Å². The first-order valence-corrected chi connectivity index (χ1v) is 4.29. The van der Waals surface area contributed by atoms with E-state index in [0.717, 1.165) is 19.4 Å². The van der Waals surface area contributed by atoms with Gasteiger partial charge < -0.3 is 5.32 Å². The monoisotopic (exact) mass is 197 g/mol. The molecule has 2 atom stereocenters. The zero-order valence-corrected chi connectivity index (χ0v) is 7.67. The minimum Gasteiger partial charge on any atom is -0.316 e. The van der Waals surface area contributed by atoms with Crippen molar-refractivity contribution in [3.63, 3.8) is 0 Å². The van der Waals surface area contributed by atoms with Gasteiger partial charge in [-0.2, -0.15) is 0 Å². The molecule has 0 amide bonds. The molecule has 0 aromatic heterocycles. The van der Waals surface area contributed by atoms with Gasteiger partial charge in [0.2, 0.25) is 0 Å².